The SMILES string of the molecule is Cc1ccc(C2(C(=O)N3C[C@H](S(=O)(=O)c4ccccc4Cl)C[C@H]3C(=O)NC3(C#N)CC3)CC2)s1. The fourth-order valence-electron chi connectivity index (χ4n) is 4.72. The van der Waals surface area contributed by atoms with Gasteiger partial charge in [-0.1, -0.05) is 23.7 Å². The fraction of sp³-hybridized carbons (Fsp3) is 0.458. The minimum Gasteiger partial charge on any atom is -0.336 e. The quantitative estimate of drug-likeness (QED) is 0.632. The van der Waals surface area contributed by atoms with E-state index < -0.39 is 38.0 Å². The molecule has 0 radical (unpaired) electrons. The molecule has 2 heterocycles. The molecule has 1 saturated heterocycles. The summed E-state index contributed by atoms with van der Waals surface area (Å²) in [6.45, 7) is 1.89. The number of rotatable bonds is 6. The van der Waals surface area contributed by atoms with Crippen LogP contribution in [0.2, 0.25) is 5.02 Å². The number of hydrogen-bond donors (Lipinski definition) is 1. The van der Waals surface area contributed by atoms with Gasteiger partial charge < -0.3 is 10.2 Å². The minimum absolute atomic E-state index is 0.000767. The fourth-order valence-corrected chi connectivity index (χ4v) is 8.04. The number of likely N-dealkylation sites (tertiary alicyclic amines) is 1. The van der Waals surface area contributed by atoms with Crippen LogP contribution in [-0.2, 0) is 24.8 Å². The van der Waals surface area contributed by atoms with E-state index in [0.29, 0.717) is 25.7 Å². The van der Waals surface area contributed by atoms with E-state index in [9.17, 15) is 23.3 Å². The van der Waals surface area contributed by atoms with Crippen molar-refractivity contribution >= 4 is 44.6 Å². The second-order valence-corrected chi connectivity index (χ2v) is 13.4. The molecule has 1 N–H and O–H groups in total. The van der Waals surface area contributed by atoms with Crippen LogP contribution in [-0.4, -0.2) is 48.5 Å². The molecule has 7 nitrogen and oxygen atoms in total. The van der Waals surface area contributed by atoms with Gasteiger partial charge in [0, 0.05) is 16.3 Å². The molecule has 1 aliphatic heterocycles. The summed E-state index contributed by atoms with van der Waals surface area (Å²) >= 11 is 7.75. The molecule has 0 bridgehead atoms. The van der Waals surface area contributed by atoms with Crippen LogP contribution in [0.1, 0.15) is 41.9 Å². The third kappa shape index (κ3) is 3.82. The van der Waals surface area contributed by atoms with Crippen molar-refractivity contribution in [2.75, 3.05) is 6.54 Å². The van der Waals surface area contributed by atoms with Crippen molar-refractivity contribution in [3.63, 3.8) is 0 Å². The maximum absolute atomic E-state index is 13.8. The third-order valence-corrected chi connectivity index (χ3v) is 10.9. The summed E-state index contributed by atoms with van der Waals surface area (Å²) in [5.41, 5.74) is -1.61. The molecule has 2 atom stereocenters. The molecular weight excluding hydrogens is 494 g/mol. The number of nitrogens with one attached hydrogen (secondary N) is 1. The van der Waals surface area contributed by atoms with Crippen LogP contribution in [0.25, 0.3) is 0 Å². The van der Waals surface area contributed by atoms with E-state index in [1.54, 1.807) is 23.5 Å². The van der Waals surface area contributed by atoms with Crippen LogP contribution < -0.4 is 5.32 Å². The normalized spacial score (nSPS) is 24.3. The molecule has 5 rings (SSSR count). The number of amides is 2. The lowest BCUT2D eigenvalue weighted by molar-refractivity contribution is -0.140. The van der Waals surface area contributed by atoms with E-state index in [1.807, 2.05) is 19.1 Å². The number of benzene rings is 1. The van der Waals surface area contributed by atoms with Gasteiger partial charge in [0.25, 0.3) is 0 Å². The zero-order valence-corrected chi connectivity index (χ0v) is 21.0. The zero-order valence-electron chi connectivity index (χ0n) is 18.6. The summed E-state index contributed by atoms with van der Waals surface area (Å²) in [6, 6.07) is 11.3. The van der Waals surface area contributed by atoms with Gasteiger partial charge in [-0.05, 0) is 63.3 Å². The van der Waals surface area contributed by atoms with Gasteiger partial charge >= 0.3 is 0 Å². The minimum atomic E-state index is -3.89. The average Bonchev–Trinajstić information content (AvgIpc) is 3.68. The number of halogens is 1. The first kappa shape index (κ1) is 23.3. The maximum atomic E-state index is 13.8. The molecule has 0 unspecified atom stereocenters. The van der Waals surface area contributed by atoms with Crippen LogP contribution in [0.15, 0.2) is 41.3 Å². The van der Waals surface area contributed by atoms with Crippen LogP contribution in [0.5, 0.6) is 0 Å². The highest BCUT2D eigenvalue weighted by atomic mass is 35.5. The summed E-state index contributed by atoms with van der Waals surface area (Å²) in [5.74, 6) is -0.685. The van der Waals surface area contributed by atoms with Gasteiger partial charge in [-0.2, -0.15) is 5.26 Å². The van der Waals surface area contributed by atoms with Crippen LogP contribution >= 0.6 is 22.9 Å². The van der Waals surface area contributed by atoms with Crippen molar-refractivity contribution in [2.45, 2.75) is 66.2 Å². The van der Waals surface area contributed by atoms with E-state index in [4.69, 9.17) is 11.6 Å². The number of thiophene rings is 1. The summed E-state index contributed by atoms with van der Waals surface area (Å²) in [6.07, 6.45) is 2.40. The van der Waals surface area contributed by atoms with Crippen molar-refractivity contribution in [1.29, 1.82) is 5.26 Å². The first-order chi connectivity index (χ1) is 16.1. The number of carbonyl (C=O) groups excluding carboxylic acids is 2. The Morgan fingerprint density at radius 2 is 1.88 bits per heavy atom. The van der Waals surface area contributed by atoms with Gasteiger partial charge in [0.2, 0.25) is 11.8 Å². The van der Waals surface area contributed by atoms with Crippen LogP contribution in [0, 0.1) is 18.3 Å². The van der Waals surface area contributed by atoms with Gasteiger partial charge in [0.15, 0.2) is 9.84 Å². The summed E-state index contributed by atoms with van der Waals surface area (Å²) in [7, 11) is -3.89. The van der Waals surface area contributed by atoms with Gasteiger partial charge in [-0.25, -0.2) is 8.42 Å². The highest BCUT2D eigenvalue weighted by Gasteiger charge is 2.58. The molecular formula is C24H24ClN3O4S2. The van der Waals surface area contributed by atoms with Gasteiger partial charge in [0.1, 0.15) is 11.6 Å². The third-order valence-electron chi connectivity index (χ3n) is 7.11. The Hall–Kier alpha value is -2.41. The van der Waals surface area contributed by atoms with E-state index in [0.717, 1.165) is 9.75 Å². The lowest BCUT2D eigenvalue weighted by atomic mass is 10.0. The molecule has 2 aliphatic carbocycles. The highest BCUT2D eigenvalue weighted by molar-refractivity contribution is 7.92. The van der Waals surface area contributed by atoms with Gasteiger partial charge in [-0.15, -0.1) is 11.3 Å². The molecule has 178 valence electrons. The monoisotopic (exact) mass is 517 g/mol. The van der Waals surface area contributed by atoms with Crippen molar-refractivity contribution in [2.24, 2.45) is 0 Å². The number of nitrogens with zero attached hydrogens (tertiary/aromatic N) is 2. The Kier molecular flexibility index (Phi) is 5.54. The van der Waals surface area contributed by atoms with Crippen LogP contribution in [0.4, 0.5) is 0 Å². The first-order valence-electron chi connectivity index (χ1n) is 11.2. The van der Waals surface area contributed by atoms with Crippen molar-refractivity contribution in [1.82, 2.24) is 10.2 Å². The molecule has 3 fully saturated rings. The summed E-state index contributed by atoms with van der Waals surface area (Å²) in [5, 5.41) is 11.3. The smallest absolute Gasteiger partial charge is 0.244 e. The predicted molar refractivity (Wildman–Crippen MR) is 128 cm³/mol. The largest absolute Gasteiger partial charge is 0.336 e. The first-order valence-corrected chi connectivity index (χ1v) is 14.0. The lowest BCUT2D eigenvalue weighted by Crippen LogP contribution is -2.51. The standard InChI is InChI=1S/C24H24ClN3O4S2/c1-15-6-7-20(33-15)24(10-11-24)22(30)28-13-16(34(31,32)19-5-3-2-4-17(19)25)12-18(28)21(29)27-23(14-26)8-9-23/h2-7,16,18H,8-13H2,1H3,(H,27,29)/t16-,18+/m1/s1. The number of carbonyl (C=O) groups is 2. The van der Waals surface area contributed by atoms with Crippen LogP contribution in [0.3, 0.4) is 0 Å². The topological polar surface area (TPSA) is 107 Å². The summed E-state index contributed by atoms with van der Waals surface area (Å²) in [4.78, 5) is 30.6. The molecule has 2 saturated carbocycles. The lowest BCUT2D eigenvalue weighted by Gasteiger charge is -2.28. The Balaban J connectivity index is 1.48. The molecule has 0 spiro atoms. The Morgan fingerprint density at radius 1 is 1.18 bits per heavy atom. The number of hydrogen-bond acceptors (Lipinski definition) is 6. The molecule has 2 amide bonds. The Bertz CT molecular complexity index is 1320. The van der Waals surface area contributed by atoms with E-state index >= 15 is 0 Å². The zero-order chi connectivity index (χ0) is 24.3. The molecule has 34 heavy (non-hydrogen) atoms. The van der Waals surface area contributed by atoms with E-state index in [2.05, 4.69) is 11.4 Å². The second kappa shape index (κ2) is 8.08. The average molecular weight is 518 g/mol. The van der Waals surface area contributed by atoms with Gasteiger partial charge in [0.05, 0.1) is 26.7 Å². The summed E-state index contributed by atoms with van der Waals surface area (Å²) < 4.78 is 27.0. The predicted octanol–water partition coefficient (Wildman–Crippen LogP) is 3.36. The molecule has 2 aromatic rings. The second-order valence-electron chi connectivity index (χ2n) is 9.48. The maximum Gasteiger partial charge on any atom is 0.244 e. The highest BCUT2D eigenvalue weighted by Crippen LogP contribution is 2.53. The van der Waals surface area contributed by atoms with Crippen molar-refractivity contribution in [3.8, 4) is 6.07 Å². The van der Waals surface area contributed by atoms with E-state index in [1.165, 1.54) is 17.0 Å². The van der Waals surface area contributed by atoms with E-state index in [-0.39, 0.29) is 28.8 Å². The molecule has 10 heteroatoms. The van der Waals surface area contributed by atoms with Crippen molar-refractivity contribution < 1.29 is 18.0 Å². The Labute approximate surface area is 207 Å². The molecule has 1 aromatic heterocycles. The van der Waals surface area contributed by atoms with Gasteiger partial charge in [-0.3, -0.25) is 9.59 Å². The molecule has 3 aliphatic rings. The molecule has 1 aromatic carbocycles. The number of aryl methyl sites for hydroxylation is 1. The number of nitriles is 1. The number of sulfone groups is 1. The van der Waals surface area contributed by atoms with Crippen molar-refractivity contribution in [3.05, 3.63) is 51.2 Å². The Morgan fingerprint density at radius 3 is 2.44 bits per heavy atom.